The van der Waals surface area contributed by atoms with Crippen molar-refractivity contribution < 1.29 is 15.1 Å². The molecule has 0 aromatic heterocycles. The number of aryl methyl sites for hydroxylation is 8. The van der Waals surface area contributed by atoms with E-state index in [1.807, 2.05) is 60.7 Å². The number of hydrogen-bond donors (Lipinski definition) is 2. The number of nitrogens with two attached hydrogens (primary N) is 2. The van der Waals surface area contributed by atoms with Gasteiger partial charge in [0.15, 0.2) is 0 Å². The van der Waals surface area contributed by atoms with Crippen LogP contribution in [0.25, 0.3) is 32.7 Å². The van der Waals surface area contributed by atoms with Gasteiger partial charge in [-0.2, -0.15) is 0 Å². The maximum absolute atomic E-state index is 6.15. The molecule has 0 amide bonds. The predicted octanol–water partition coefficient (Wildman–Crippen LogP) is 14.9. The number of benzene rings is 10. The van der Waals surface area contributed by atoms with Gasteiger partial charge in [-0.1, -0.05) is 146 Å². The maximum atomic E-state index is 6.15. The van der Waals surface area contributed by atoms with Gasteiger partial charge in [-0.25, -0.2) is 0 Å². The SMILES string of the molecule is Cc1cc(C)cc([PH+](c2cc(C)cc(C)c2)c2ccc3ccccc3c2-c2c([PH+](c3cc(C)cc(C)c3)c3cc(C)cc(C)c3)ccc3ccccc23)c1.N[C@@H](c1ccccc1)[C@@H](N)c1ccccc1.[Cl][Ru+2][Cl]. The number of halogens is 2. The second-order valence-electron chi connectivity index (χ2n) is 19.6. The normalized spacial score (nSPS) is 12.0. The van der Waals surface area contributed by atoms with Crippen LogP contribution in [0.15, 0.2) is 206 Å². The topological polar surface area (TPSA) is 52.0 Å². The average molecular weight is 1120 g/mol. The van der Waals surface area contributed by atoms with E-state index in [0.29, 0.717) is 0 Å². The van der Waals surface area contributed by atoms with Gasteiger partial charge >= 0.3 is 34.5 Å². The minimum absolute atomic E-state index is 0.163. The first-order valence-electron chi connectivity index (χ1n) is 24.8. The Morgan fingerprint density at radius 1 is 0.329 bits per heavy atom. The number of hydrogen-bond acceptors (Lipinski definition) is 2. The first kappa shape index (κ1) is 54.0. The van der Waals surface area contributed by atoms with Crippen LogP contribution in [0.4, 0.5) is 0 Å². The van der Waals surface area contributed by atoms with Gasteiger partial charge in [-0.15, -0.1) is 0 Å². The summed E-state index contributed by atoms with van der Waals surface area (Å²) in [5, 5.41) is 13.9. The van der Waals surface area contributed by atoms with Crippen molar-refractivity contribution in [1.29, 1.82) is 0 Å². The molecule has 0 radical (unpaired) electrons. The van der Waals surface area contributed by atoms with Gasteiger partial charge in [0.2, 0.25) is 0 Å². The summed E-state index contributed by atoms with van der Waals surface area (Å²) in [5.74, 6) is 0. The molecule has 2 atom stereocenters. The molecule has 0 unspecified atom stereocenters. The van der Waals surface area contributed by atoms with Crippen molar-refractivity contribution in [3.8, 4) is 11.1 Å². The fourth-order valence-electron chi connectivity index (χ4n) is 10.7. The number of fused-ring (bicyclic) bond motifs is 2. The zero-order chi connectivity index (χ0) is 51.8. The molecule has 7 heteroatoms. The van der Waals surface area contributed by atoms with Gasteiger partial charge in [0, 0.05) is 23.2 Å². The minimum atomic E-state index is -1.49. The van der Waals surface area contributed by atoms with Crippen molar-refractivity contribution in [2.75, 3.05) is 0 Å². The molecule has 0 saturated heterocycles. The molecule has 4 N–H and O–H groups in total. The van der Waals surface area contributed by atoms with Crippen LogP contribution < -0.4 is 43.3 Å². The third-order valence-corrected chi connectivity index (χ3v) is 18.8. The van der Waals surface area contributed by atoms with Gasteiger partial charge in [0.1, 0.15) is 31.8 Å². The van der Waals surface area contributed by atoms with Gasteiger partial charge < -0.3 is 11.5 Å². The summed E-state index contributed by atoms with van der Waals surface area (Å²) in [6.07, 6.45) is 0. The van der Waals surface area contributed by atoms with Gasteiger partial charge in [0.25, 0.3) is 0 Å². The molecule has 0 aliphatic carbocycles. The van der Waals surface area contributed by atoms with Crippen molar-refractivity contribution in [1.82, 2.24) is 0 Å². The summed E-state index contributed by atoms with van der Waals surface area (Å²) in [6, 6.07) is 76.5. The Hall–Kier alpha value is -5.30. The summed E-state index contributed by atoms with van der Waals surface area (Å²) in [6.45, 7) is 18.0. The molecule has 0 fully saturated rings. The standard InChI is InChI=1S/C52H48P2.C14H16N2.2ClH.Ru/c1-33-21-34(2)26-43(25-33)53(44-27-35(3)22-36(4)28-44)49-19-17-41-13-9-11-15-47(41)51(49)52-48-16-12-10-14-42(48)18-20-50(52)54(45-29-37(5)23-38(6)30-45)46-31-39(7)24-40(8)32-46;15-13(11-7-3-1-4-8-11)14(16)12-9-5-2-6-10-12;;;/h9-32H,1-8H3;1-10,13-14H,15-16H2;2*1H;/q;;;;+4/t;13-,14-;;;/m.0.../s1. The van der Waals surface area contributed by atoms with Crippen LogP contribution in [-0.4, -0.2) is 0 Å². The van der Waals surface area contributed by atoms with Gasteiger partial charge in [-0.05, 0) is 193 Å². The fraction of sp³-hybridized carbons (Fsp3) is 0.152. The van der Waals surface area contributed by atoms with E-state index < -0.39 is 15.8 Å². The average Bonchev–Trinajstić information content (AvgIpc) is 3.36. The second kappa shape index (κ2) is 24.8. The molecule has 73 heavy (non-hydrogen) atoms. The van der Waals surface area contributed by atoms with Crippen LogP contribution in [-0.2, 0) is 15.1 Å². The third-order valence-electron chi connectivity index (χ3n) is 13.4. The third kappa shape index (κ3) is 13.0. The van der Waals surface area contributed by atoms with Gasteiger partial charge in [0.05, 0.1) is 15.8 Å². The Balaban J connectivity index is 0.000000314. The summed E-state index contributed by atoms with van der Waals surface area (Å²) >= 11 is -0.346. The van der Waals surface area contributed by atoms with Crippen LogP contribution in [0.5, 0.6) is 0 Å². The Labute approximate surface area is 452 Å². The van der Waals surface area contributed by atoms with E-state index in [4.69, 9.17) is 30.8 Å². The molecule has 2 nitrogen and oxygen atoms in total. The van der Waals surface area contributed by atoms with Crippen LogP contribution in [0.1, 0.15) is 67.7 Å². The van der Waals surface area contributed by atoms with Crippen LogP contribution in [0.2, 0.25) is 0 Å². The summed E-state index contributed by atoms with van der Waals surface area (Å²) in [4.78, 5) is 0. The van der Waals surface area contributed by atoms with Crippen LogP contribution >= 0.6 is 35.2 Å². The zero-order valence-electron chi connectivity index (χ0n) is 43.0. The molecule has 0 heterocycles. The van der Waals surface area contributed by atoms with Crippen molar-refractivity contribution >= 4 is 88.6 Å². The molecule has 368 valence electrons. The van der Waals surface area contributed by atoms with E-state index in [1.165, 1.54) is 109 Å². The number of rotatable bonds is 10. The molecule has 10 aromatic rings. The van der Waals surface area contributed by atoms with Crippen molar-refractivity contribution in [2.24, 2.45) is 11.5 Å². The van der Waals surface area contributed by atoms with E-state index in [0.717, 1.165) is 11.1 Å². The molecule has 0 spiro atoms. The van der Waals surface area contributed by atoms with Crippen LogP contribution in [0.3, 0.4) is 0 Å². The quantitative estimate of drug-likeness (QED) is 0.106. The Morgan fingerprint density at radius 3 is 0.849 bits per heavy atom. The van der Waals surface area contributed by atoms with E-state index in [2.05, 4.69) is 201 Å². The monoisotopic (exact) mass is 1120 g/mol. The zero-order valence-corrected chi connectivity index (χ0v) is 48.3. The predicted molar refractivity (Wildman–Crippen MR) is 323 cm³/mol. The van der Waals surface area contributed by atoms with Crippen molar-refractivity contribution in [3.63, 3.8) is 0 Å². The van der Waals surface area contributed by atoms with Gasteiger partial charge in [-0.3, -0.25) is 0 Å². The second-order valence-corrected chi connectivity index (χ2v) is 27.1. The first-order chi connectivity index (χ1) is 35.2. The molecule has 10 aromatic carbocycles. The Morgan fingerprint density at radius 2 is 0.575 bits per heavy atom. The fourth-order valence-corrected chi connectivity index (χ4v) is 17.1. The van der Waals surface area contributed by atoms with E-state index in [9.17, 15) is 0 Å². The molecule has 0 saturated carbocycles. The van der Waals surface area contributed by atoms with E-state index in [1.54, 1.807) is 0 Å². The Kier molecular flexibility index (Phi) is 18.4. The molecule has 10 rings (SSSR count). The van der Waals surface area contributed by atoms with Crippen molar-refractivity contribution in [3.05, 3.63) is 262 Å². The Bertz CT molecular complexity index is 3090. The summed E-state index contributed by atoms with van der Waals surface area (Å²) < 4.78 is 0. The summed E-state index contributed by atoms with van der Waals surface area (Å²) in [7, 11) is 6.74. The van der Waals surface area contributed by atoms with Crippen molar-refractivity contribution in [2.45, 2.75) is 67.5 Å². The van der Waals surface area contributed by atoms with Crippen LogP contribution in [0, 0.1) is 55.4 Å². The summed E-state index contributed by atoms with van der Waals surface area (Å²) in [5.41, 5.74) is 27.8. The van der Waals surface area contributed by atoms with E-state index in [-0.39, 0.29) is 27.2 Å². The molecular formula is C66H66Cl2N2P2Ru+4. The molecule has 0 aliphatic heterocycles. The molecule has 0 bridgehead atoms. The molecule has 0 aliphatic rings. The van der Waals surface area contributed by atoms with E-state index >= 15 is 0 Å². The first-order valence-corrected chi connectivity index (χ1v) is 32.3. The molecular weight excluding hydrogens is 1050 g/mol.